The van der Waals surface area contributed by atoms with E-state index >= 15 is 0 Å². The second-order valence-corrected chi connectivity index (χ2v) is 7.88. The van der Waals surface area contributed by atoms with E-state index in [0.717, 1.165) is 61.9 Å². The molecule has 0 aromatic heterocycles. The highest BCUT2D eigenvalue weighted by Gasteiger charge is 2.23. The molecule has 1 saturated heterocycles. The summed E-state index contributed by atoms with van der Waals surface area (Å²) >= 11 is 5.58. The van der Waals surface area contributed by atoms with Crippen LogP contribution in [0.25, 0.3) is 0 Å². The number of thiocarbonyl (C=S) groups is 1. The maximum Gasteiger partial charge on any atom is 0.173 e. The maximum atomic E-state index is 12.9. The Kier molecular flexibility index (Phi) is 8.25. The first-order valence-electron chi connectivity index (χ1n) is 10.3. The molecule has 6 heteroatoms. The van der Waals surface area contributed by atoms with E-state index in [-0.39, 0.29) is 5.82 Å². The van der Waals surface area contributed by atoms with Crippen LogP contribution in [-0.4, -0.2) is 54.2 Å². The van der Waals surface area contributed by atoms with Crippen molar-refractivity contribution in [1.82, 2.24) is 9.80 Å². The van der Waals surface area contributed by atoms with Crippen LogP contribution in [0, 0.1) is 5.82 Å². The van der Waals surface area contributed by atoms with Crippen molar-refractivity contribution in [3.8, 4) is 5.75 Å². The first kappa shape index (κ1) is 21.5. The molecule has 1 N–H and O–H groups in total. The fourth-order valence-corrected chi connectivity index (χ4v) is 3.85. The Labute approximate surface area is 178 Å². The standard InChI is InChI=1S/C23H30FN3OS/c1-26(23(29)25-20-7-3-2-4-8-20)21-13-16-27(17-14-21)15-5-6-18-28-22-11-9-19(24)10-12-22/h2-4,7-12,21H,5-6,13-18H2,1H3,(H,25,29). The van der Waals surface area contributed by atoms with Crippen LogP contribution in [0.5, 0.6) is 5.75 Å². The fourth-order valence-electron chi connectivity index (χ4n) is 3.59. The Hall–Kier alpha value is -2.18. The van der Waals surface area contributed by atoms with Gasteiger partial charge in [0.1, 0.15) is 11.6 Å². The number of rotatable bonds is 8. The van der Waals surface area contributed by atoms with Crippen molar-refractivity contribution in [2.24, 2.45) is 0 Å². The van der Waals surface area contributed by atoms with Gasteiger partial charge in [-0.25, -0.2) is 4.39 Å². The molecule has 1 heterocycles. The molecule has 1 fully saturated rings. The van der Waals surface area contributed by atoms with Crippen LogP contribution in [0.2, 0.25) is 0 Å². The van der Waals surface area contributed by atoms with Gasteiger partial charge in [0, 0.05) is 31.9 Å². The molecule has 0 spiro atoms. The molecule has 0 amide bonds. The number of piperidine rings is 1. The maximum absolute atomic E-state index is 12.9. The zero-order valence-corrected chi connectivity index (χ0v) is 17.8. The van der Waals surface area contributed by atoms with E-state index in [1.807, 2.05) is 30.3 Å². The number of halogens is 1. The van der Waals surface area contributed by atoms with Crippen LogP contribution in [0.4, 0.5) is 10.1 Å². The molecule has 2 aromatic carbocycles. The lowest BCUT2D eigenvalue weighted by Crippen LogP contribution is -2.47. The van der Waals surface area contributed by atoms with Gasteiger partial charge in [0.05, 0.1) is 6.61 Å². The smallest absolute Gasteiger partial charge is 0.173 e. The number of para-hydroxylation sites is 1. The predicted octanol–water partition coefficient (Wildman–Crippen LogP) is 4.78. The van der Waals surface area contributed by atoms with Crippen molar-refractivity contribution in [2.45, 2.75) is 31.7 Å². The lowest BCUT2D eigenvalue weighted by molar-refractivity contribution is 0.161. The Bertz CT molecular complexity index is 748. The van der Waals surface area contributed by atoms with Gasteiger partial charge in [-0.3, -0.25) is 0 Å². The van der Waals surface area contributed by atoms with E-state index in [4.69, 9.17) is 17.0 Å². The monoisotopic (exact) mass is 415 g/mol. The summed E-state index contributed by atoms with van der Waals surface area (Å²) in [5, 5.41) is 4.11. The molecule has 0 bridgehead atoms. The van der Waals surface area contributed by atoms with Crippen molar-refractivity contribution in [1.29, 1.82) is 0 Å². The number of benzene rings is 2. The zero-order valence-electron chi connectivity index (χ0n) is 17.0. The third-order valence-electron chi connectivity index (χ3n) is 5.40. The second-order valence-electron chi connectivity index (χ2n) is 7.49. The molecule has 0 unspecified atom stereocenters. The summed E-state index contributed by atoms with van der Waals surface area (Å²) in [6, 6.07) is 16.8. The molecule has 1 aliphatic rings. The molecule has 156 valence electrons. The van der Waals surface area contributed by atoms with Gasteiger partial charge in [-0.1, -0.05) is 18.2 Å². The van der Waals surface area contributed by atoms with Crippen LogP contribution in [0.1, 0.15) is 25.7 Å². The minimum absolute atomic E-state index is 0.233. The molecule has 2 aromatic rings. The SMILES string of the molecule is CN(C(=S)Nc1ccccc1)C1CCN(CCCCOc2ccc(F)cc2)CC1. The molecule has 3 rings (SSSR count). The van der Waals surface area contributed by atoms with Gasteiger partial charge in [-0.15, -0.1) is 0 Å². The first-order valence-corrected chi connectivity index (χ1v) is 10.7. The summed E-state index contributed by atoms with van der Waals surface area (Å²) in [6.07, 6.45) is 4.36. The molecule has 0 aliphatic carbocycles. The lowest BCUT2D eigenvalue weighted by Gasteiger charge is -2.38. The number of likely N-dealkylation sites (tertiary alicyclic amines) is 1. The minimum atomic E-state index is -0.233. The number of nitrogens with one attached hydrogen (secondary N) is 1. The highest BCUT2D eigenvalue weighted by atomic mass is 32.1. The Morgan fingerprint density at radius 1 is 1.10 bits per heavy atom. The van der Waals surface area contributed by atoms with E-state index < -0.39 is 0 Å². The summed E-state index contributed by atoms with van der Waals surface area (Å²) in [5.41, 5.74) is 1.03. The van der Waals surface area contributed by atoms with Crippen molar-refractivity contribution < 1.29 is 9.13 Å². The quantitative estimate of drug-likeness (QED) is 0.495. The van der Waals surface area contributed by atoms with Gasteiger partial charge in [0.25, 0.3) is 0 Å². The molecule has 0 atom stereocenters. The Morgan fingerprint density at radius 2 is 1.79 bits per heavy atom. The van der Waals surface area contributed by atoms with Gasteiger partial charge in [-0.2, -0.15) is 0 Å². The summed E-state index contributed by atoms with van der Waals surface area (Å²) < 4.78 is 18.5. The number of hydrogen-bond acceptors (Lipinski definition) is 3. The van der Waals surface area contributed by atoms with Crippen LogP contribution in [-0.2, 0) is 0 Å². The summed E-state index contributed by atoms with van der Waals surface area (Å²) in [4.78, 5) is 4.73. The van der Waals surface area contributed by atoms with Gasteiger partial charge in [0.2, 0.25) is 0 Å². The largest absolute Gasteiger partial charge is 0.494 e. The first-order chi connectivity index (χ1) is 14.1. The Balaban J connectivity index is 1.29. The molecule has 29 heavy (non-hydrogen) atoms. The van der Waals surface area contributed by atoms with Crippen LogP contribution < -0.4 is 10.1 Å². The molecular weight excluding hydrogens is 385 g/mol. The van der Waals surface area contributed by atoms with E-state index in [9.17, 15) is 4.39 Å². The van der Waals surface area contributed by atoms with E-state index in [2.05, 4.69) is 22.2 Å². The predicted molar refractivity (Wildman–Crippen MR) is 121 cm³/mol. The number of nitrogens with zero attached hydrogens (tertiary/aromatic N) is 2. The average Bonchev–Trinajstić information content (AvgIpc) is 2.75. The molecule has 0 saturated carbocycles. The number of anilines is 1. The van der Waals surface area contributed by atoms with Gasteiger partial charge >= 0.3 is 0 Å². The lowest BCUT2D eigenvalue weighted by atomic mass is 10.0. The van der Waals surface area contributed by atoms with E-state index in [0.29, 0.717) is 12.6 Å². The highest BCUT2D eigenvalue weighted by Crippen LogP contribution is 2.18. The number of unbranched alkanes of at least 4 members (excludes halogenated alkanes) is 1. The van der Waals surface area contributed by atoms with Crippen molar-refractivity contribution >= 4 is 23.0 Å². The number of ether oxygens (including phenoxy) is 1. The van der Waals surface area contributed by atoms with Gasteiger partial charge in [0.15, 0.2) is 5.11 Å². The van der Waals surface area contributed by atoms with E-state index in [1.54, 1.807) is 12.1 Å². The van der Waals surface area contributed by atoms with Crippen molar-refractivity contribution in [2.75, 3.05) is 38.6 Å². The molecule has 1 aliphatic heterocycles. The van der Waals surface area contributed by atoms with Crippen molar-refractivity contribution in [3.63, 3.8) is 0 Å². The zero-order chi connectivity index (χ0) is 20.5. The van der Waals surface area contributed by atoms with Crippen LogP contribution in [0.15, 0.2) is 54.6 Å². The van der Waals surface area contributed by atoms with E-state index in [1.165, 1.54) is 12.1 Å². The summed E-state index contributed by atoms with van der Waals surface area (Å²) in [6.45, 7) is 3.96. The number of hydrogen-bond donors (Lipinski definition) is 1. The normalized spacial score (nSPS) is 15.1. The third kappa shape index (κ3) is 6.98. The van der Waals surface area contributed by atoms with Crippen LogP contribution in [0.3, 0.4) is 0 Å². The topological polar surface area (TPSA) is 27.7 Å². The van der Waals surface area contributed by atoms with Crippen molar-refractivity contribution in [3.05, 3.63) is 60.4 Å². The second kappa shape index (κ2) is 11.1. The van der Waals surface area contributed by atoms with Crippen LogP contribution >= 0.6 is 12.2 Å². The van der Waals surface area contributed by atoms with Gasteiger partial charge < -0.3 is 19.9 Å². The molecule has 0 radical (unpaired) electrons. The molecule has 4 nitrogen and oxygen atoms in total. The fraction of sp³-hybridized carbons (Fsp3) is 0.435. The third-order valence-corrected chi connectivity index (χ3v) is 5.79. The Morgan fingerprint density at radius 3 is 2.48 bits per heavy atom. The summed E-state index contributed by atoms with van der Waals surface area (Å²) in [5.74, 6) is 0.498. The summed E-state index contributed by atoms with van der Waals surface area (Å²) in [7, 11) is 2.09. The average molecular weight is 416 g/mol. The minimum Gasteiger partial charge on any atom is -0.494 e. The van der Waals surface area contributed by atoms with Gasteiger partial charge in [-0.05, 0) is 80.8 Å². The molecular formula is C23H30FN3OS. The highest BCUT2D eigenvalue weighted by molar-refractivity contribution is 7.80.